The molecule has 4 aromatic heterocycles. The fourth-order valence-electron chi connectivity index (χ4n) is 3.75. The van der Waals surface area contributed by atoms with Gasteiger partial charge in [-0.2, -0.15) is 4.99 Å². The zero-order valence-corrected chi connectivity index (χ0v) is 19.3. The Hall–Kier alpha value is -4.14. The van der Waals surface area contributed by atoms with Gasteiger partial charge in [-0.05, 0) is 50.1 Å². The molecule has 0 N–H and O–H groups in total. The Labute approximate surface area is 195 Å². The SMILES string of the molecule is CCCCn1c(=NC(=O)c2ccncc2)c(C(=O)OCC)cc2c(=O)n3cccc(C)c3nc21. The summed E-state index contributed by atoms with van der Waals surface area (Å²) >= 11 is 0. The number of ether oxygens (including phenoxy) is 1. The second kappa shape index (κ2) is 9.78. The highest BCUT2D eigenvalue weighted by Crippen LogP contribution is 2.14. The molecule has 9 nitrogen and oxygen atoms in total. The second-order valence-electron chi connectivity index (χ2n) is 7.80. The van der Waals surface area contributed by atoms with Gasteiger partial charge >= 0.3 is 5.97 Å². The summed E-state index contributed by atoms with van der Waals surface area (Å²) in [5.74, 6) is -1.20. The van der Waals surface area contributed by atoms with Crippen LogP contribution in [-0.4, -0.2) is 37.4 Å². The number of carbonyl (C=O) groups excluding carboxylic acids is 2. The van der Waals surface area contributed by atoms with Gasteiger partial charge in [-0.15, -0.1) is 0 Å². The number of unbranched alkanes of at least 4 members (excludes halogenated alkanes) is 1. The molecule has 0 radical (unpaired) electrons. The molecule has 0 atom stereocenters. The van der Waals surface area contributed by atoms with Crippen molar-refractivity contribution in [2.75, 3.05) is 6.61 Å². The third kappa shape index (κ3) is 4.24. The number of aryl methyl sites for hydroxylation is 2. The summed E-state index contributed by atoms with van der Waals surface area (Å²) in [5.41, 5.74) is 1.86. The van der Waals surface area contributed by atoms with Gasteiger partial charge in [0.05, 0.1) is 12.0 Å². The smallest absolute Gasteiger partial charge is 0.341 e. The lowest BCUT2D eigenvalue weighted by atomic mass is 10.2. The predicted octanol–water partition coefficient (Wildman–Crippen LogP) is 3.07. The Balaban J connectivity index is 2.15. The van der Waals surface area contributed by atoms with Crippen molar-refractivity contribution < 1.29 is 14.3 Å². The quantitative estimate of drug-likeness (QED) is 0.324. The normalized spacial score (nSPS) is 11.8. The highest BCUT2D eigenvalue weighted by Gasteiger charge is 2.20. The molecule has 4 heterocycles. The van der Waals surface area contributed by atoms with Crippen molar-refractivity contribution >= 4 is 28.6 Å². The van der Waals surface area contributed by atoms with Crippen LogP contribution in [0.3, 0.4) is 0 Å². The van der Waals surface area contributed by atoms with Crippen LogP contribution in [0.1, 0.15) is 53.0 Å². The van der Waals surface area contributed by atoms with Crippen LogP contribution in [0.2, 0.25) is 0 Å². The van der Waals surface area contributed by atoms with E-state index in [1.54, 1.807) is 35.9 Å². The van der Waals surface area contributed by atoms with Crippen molar-refractivity contribution in [3.05, 3.63) is 81.5 Å². The molecule has 0 saturated carbocycles. The maximum Gasteiger partial charge on any atom is 0.341 e. The Morgan fingerprint density at radius 3 is 2.59 bits per heavy atom. The lowest BCUT2D eigenvalue weighted by Crippen LogP contribution is -2.33. The van der Waals surface area contributed by atoms with Crippen LogP contribution in [0.4, 0.5) is 0 Å². The lowest BCUT2D eigenvalue weighted by Gasteiger charge is -2.15. The number of esters is 1. The molecule has 0 saturated heterocycles. The van der Waals surface area contributed by atoms with E-state index in [-0.39, 0.29) is 28.6 Å². The van der Waals surface area contributed by atoms with E-state index >= 15 is 0 Å². The van der Waals surface area contributed by atoms with Gasteiger partial charge in [0.15, 0.2) is 5.49 Å². The monoisotopic (exact) mass is 459 g/mol. The fourth-order valence-corrected chi connectivity index (χ4v) is 3.75. The van der Waals surface area contributed by atoms with Crippen molar-refractivity contribution in [2.45, 2.75) is 40.2 Å². The average Bonchev–Trinajstić information content (AvgIpc) is 2.84. The van der Waals surface area contributed by atoms with E-state index in [4.69, 9.17) is 9.72 Å². The molecule has 0 aliphatic carbocycles. The first-order chi connectivity index (χ1) is 16.5. The number of hydrogen-bond acceptors (Lipinski definition) is 6. The second-order valence-corrected chi connectivity index (χ2v) is 7.80. The van der Waals surface area contributed by atoms with Gasteiger partial charge in [0, 0.05) is 30.7 Å². The summed E-state index contributed by atoms with van der Waals surface area (Å²) in [4.78, 5) is 52.4. The molecular formula is C25H25N5O4. The van der Waals surface area contributed by atoms with Crippen LogP contribution in [0, 0.1) is 6.92 Å². The van der Waals surface area contributed by atoms with E-state index in [0.29, 0.717) is 23.4 Å². The molecule has 0 aliphatic rings. The predicted molar refractivity (Wildman–Crippen MR) is 127 cm³/mol. The highest BCUT2D eigenvalue weighted by molar-refractivity contribution is 5.97. The Bertz CT molecular complexity index is 1520. The zero-order valence-electron chi connectivity index (χ0n) is 19.3. The molecule has 34 heavy (non-hydrogen) atoms. The third-order valence-electron chi connectivity index (χ3n) is 5.47. The zero-order chi connectivity index (χ0) is 24.2. The first-order valence-electron chi connectivity index (χ1n) is 11.2. The van der Waals surface area contributed by atoms with Crippen LogP contribution in [0.5, 0.6) is 0 Å². The molecule has 0 aliphatic heterocycles. The molecule has 9 heteroatoms. The number of carbonyl (C=O) groups is 2. The van der Waals surface area contributed by atoms with E-state index < -0.39 is 11.9 Å². The first kappa shape index (κ1) is 23.0. The third-order valence-corrected chi connectivity index (χ3v) is 5.47. The van der Waals surface area contributed by atoms with Gasteiger partial charge in [0.2, 0.25) is 0 Å². The lowest BCUT2D eigenvalue weighted by molar-refractivity contribution is 0.0523. The summed E-state index contributed by atoms with van der Waals surface area (Å²) < 4.78 is 8.38. The molecule has 0 unspecified atom stereocenters. The van der Waals surface area contributed by atoms with Gasteiger partial charge in [-0.3, -0.25) is 19.0 Å². The minimum absolute atomic E-state index is 0.0411. The van der Waals surface area contributed by atoms with Crippen molar-refractivity contribution in [2.24, 2.45) is 4.99 Å². The Kier molecular flexibility index (Phi) is 6.62. The van der Waals surface area contributed by atoms with E-state index in [0.717, 1.165) is 18.4 Å². The minimum atomic E-state index is -0.662. The number of pyridine rings is 3. The van der Waals surface area contributed by atoms with Crippen molar-refractivity contribution in [1.82, 2.24) is 18.9 Å². The number of rotatable bonds is 6. The van der Waals surface area contributed by atoms with Crippen LogP contribution < -0.4 is 11.0 Å². The van der Waals surface area contributed by atoms with E-state index in [9.17, 15) is 14.4 Å². The minimum Gasteiger partial charge on any atom is -0.462 e. The maximum absolute atomic E-state index is 13.4. The van der Waals surface area contributed by atoms with Crippen LogP contribution in [0.25, 0.3) is 16.7 Å². The summed E-state index contributed by atoms with van der Waals surface area (Å²) in [5, 5.41) is 0.248. The molecule has 0 fully saturated rings. The Morgan fingerprint density at radius 1 is 1.12 bits per heavy atom. The topological polar surface area (TPSA) is 108 Å². The fraction of sp³-hybridized carbons (Fsp3) is 0.280. The molecule has 4 aromatic rings. The number of hydrogen-bond donors (Lipinski definition) is 0. The number of aromatic nitrogens is 4. The largest absolute Gasteiger partial charge is 0.462 e. The molecule has 174 valence electrons. The van der Waals surface area contributed by atoms with Gasteiger partial charge in [-0.1, -0.05) is 19.4 Å². The van der Waals surface area contributed by atoms with Crippen LogP contribution >= 0.6 is 0 Å². The van der Waals surface area contributed by atoms with E-state index in [2.05, 4.69) is 9.98 Å². The maximum atomic E-state index is 13.4. The summed E-state index contributed by atoms with van der Waals surface area (Å²) in [6.45, 7) is 6.14. The van der Waals surface area contributed by atoms with Crippen molar-refractivity contribution in [3.8, 4) is 0 Å². The summed E-state index contributed by atoms with van der Waals surface area (Å²) in [6, 6.07) is 8.17. The van der Waals surface area contributed by atoms with Gasteiger partial charge in [0.1, 0.15) is 16.9 Å². The molecule has 0 bridgehead atoms. The molecule has 4 rings (SSSR count). The molecule has 1 amide bonds. The average molecular weight is 460 g/mol. The number of nitrogens with zero attached hydrogens (tertiary/aromatic N) is 5. The standard InChI is InChI=1S/C25H25N5O4/c1-4-6-13-29-21-18(24(32)30-14-7-8-16(3)20(30)27-21)15-19(25(33)34-5-2)22(29)28-23(31)17-9-11-26-12-10-17/h7-12,14-15H,4-6,13H2,1-3H3. The first-order valence-corrected chi connectivity index (χ1v) is 11.2. The van der Waals surface area contributed by atoms with E-state index in [1.807, 2.05) is 19.9 Å². The Morgan fingerprint density at radius 2 is 1.88 bits per heavy atom. The van der Waals surface area contributed by atoms with Crippen LogP contribution in [-0.2, 0) is 11.3 Å². The molecule has 0 aromatic carbocycles. The van der Waals surface area contributed by atoms with E-state index in [1.165, 1.54) is 22.9 Å². The highest BCUT2D eigenvalue weighted by atomic mass is 16.5. The van der Waals surface area contributed by atoms with Crippen molar-refractivity contribution in [1.29, 1.82) is 0 Å². The molecule has 0 spiro atoms. The van der Waals surface area contributed by atoms with Gasteiger partial charge < -0.3 is 9.30 Å². The van der Waals surface area contributed by atoms with Crippen LogP contribution in [0.15, 0.2) is 58.7 Å². The summed E-state index contributed by atoms with van der Waals surface area (Å²) in [6.07, 6.45) is 6.22. The van der Waals surface area contributed by atoms with Gasteiger partial charge in [0.25, 0.3) is 11.5 Å². The summed E-state index contributed by atoms with van der Waals surface area (Å²) in [7, 11) is 0. The number of fused-ring (bicyclic) bond motifs is 2. The van der Waals surface area contributed by atoms with Crippen molar-refractivity contribution in [3.63, 3.8) is 0 Å². The number of amides is 1. The molecular weight excluding hydrogens is 434 g/mol. The van der Waals surface area contributed by atoms with Gasteiger partial charge in [-0.25, -0.2) is 9.78 Å².